The first-order chi connectivity index (χ1) is 13.9. The van der Waals surface area contributed by atoms with Crippen LogP contribution in [0.4, 0.5) is 0 Å². The summed E-state index contributed by atoms with van der Waals surface area (Å²) in [4.78, 5) is 23.8. The van der Waals surface area contributed by atoms with Crippen molar-refractivity contribution < 1.29 is 19.1 Å². The second-order valence-corrected chi connectivity index (χ2v) is 7.19. The average Bonchev–Trinajstić information content (AvgIpc) is 3.12. The first-order valence-electron chi connectivity index (χ1n) is 9.45. The standard InChI is InChI=1S/C22H25N3O4.ClH/c1-13(22(27)28-2)19-11-17(25-21(19)26)12-29-18-9-7-15(8-10-18)14-3-5-16(6-4-14)20(23)24;/h3-10,13,17,19H,11-12H2,1-2H3,(H3,23,24)(H,25,26);1H/t13?,17-,19-;/m0./s1. The van der Waals surface area contributed by atoms with Gasteiger partial charge in [0.1, 0.15) is 18.2 Å². The second kappa shape index (κ2) is 10.1. The number of hydrogen-bond donors (Lipinski definition) is 3. The molecule has 1 heterocycles. The zero-order valence-corrected chi connectivity index (χ0v) is 17.7. The molecule has 4 N–H and O–H groups in total. The van der Waals surface area contributed by atoms with Crippen LogP contribution in [0.3, 0.4) is 0 Å². The van der Waals surface area contributed by atoms with Gasteiger partial charge < -0.3 is 20.5 Å². The first kappa shape index (κ1) is 23.2. The molecular formula is C22H26ClN3O4. The summed E-state index contributed by atoms with van der Waals surface area (Å²) in [6.45, 7) is 2.05. The van der Waals surface area contributed by atoms with E-state index in [4.69, 9.17) is 20.6 Å². The van der Waals surface area contributed by atoms with Crippen LogP contribution in [0, 0.1) is 17.2 Å². The number of carbonyl (C=O) groups excluding carboxylic acids is 2. The minimum Gasteiger partial charge on any atom is -0.491 e. The second-order valence-electron chi connectivity index (χ2n) is 7.19. The van der Waals surface area contributed by atoms with Gasteiger partial charge in [0.2, 0.25) is 5.91 Å². The van der Waals surface area contributed by atoms with Crippen molar-refractivity contribution in [2.75, 3.05) is 13.7 Å². The molecule has 2 aromatic rings. The number of nitrogen functional groups attached to an aromatic ring is 1. The van der Waals surface area contributed by atoms with Crippen LogP contribution in [0.15, 0.2) is 48.5 Å². The van der Waals surface area contributed by atoms with Gasteiger partial charge in [-0.25, -0.2) is 0 Å². The molecule has 0 bridgehead atoms. The van der Waals surface area contributed by atoms with Crippen LogP contribution < -0.4 is 15.8 Å². The van der Waals surface area contributed by atoms with Gasteiger partial charge in [0, 0.05) is 5.56 Å². The largest absolute Gasteiger partial charge is 0.491 e. The third-order valence-corrected chi connectivity index (χ3v) is 5.23. The number of halogens is 1. The summed E-state index contributed by atoms with van der Waals surface area (Å²) in [7, 11) is 1.33. The summed E-state index contributed by atoms with van der Waals surface area (Å²) >= 11 is 0. The number of rotatable bonds is 7. The molecule has 160 valence electrons. The molecule has 1 aliphatic heterocycles. The Kier molecular flexibility index (Phi) is 7.83. The Morgan fingerprint density at radius 2 is 1.73 bits per heavy atom. The molecule has 1 saturated heterocycles. The van der Waals surface area contributed by atoms with Crippen molar-refractivity contribution in [2.45, 2.75) is 19.4 Å². The van der Waals surface area contributed by atoms with E-state index in [1.165, 1.54) is 7.11 Å². The summed E-state index contributed by atoms with van der Waals surface area (Å²) in [5.41, 5.74) is 8.21. The number of nitrogens with two attached hydrogens (primary N) is 1. The van der Waals surface area contributed by atoms with E-state index in [0.717, 1.165) is 11.1 Å². The maximum absolute atomic E-state index is 12.1. The summed E-state index contributed by atoms with van der Waals surface area (Å²) in [5.74, 6) is -0.634. The highest BCUT2D eigenvalue weighted by Gasteiger charge is 2.39. The lowest BCUT2D eigenvalue weighted by atomic mass is 9.91. The summed E-state index contributed by atoms with van der Waals surface area (Å²) in [6.07, 6.45) is 0.537. The third kappa shape index (κ3) is 5.30. The van der Waals surface area contributed by atoms with Gasteiger partial charge in [0.25, 0.3) is 0 Å². The van der Waals surface area contributed by atoms with Crippen LogP contribution in [0.2, 0.25) is 0 Å². The van der Waals surface area contributed by atoms with Crippen LogP contribution >= 0.6 is 12.4 Å². The number of esters is 1. The first-order valence-corrected chi connectivity index (χ1v) is 9.45. The highest BCUT2D eigenvalue weighted by molar-refractivity contribution is 5.95. The van der Waals surface area contributed by atoms with E-state index in [2.05, 4.69) is 5.32 Å². The summed E-state index contributed by atoms with van der Waals surface area (Å²) in [5, 5.41) is 10.3. The Morgan fingerprint density at radius 1 is 1.17 bits per heavy atom. The lowest BCUT2D eigenvalue weighted by Gasteiger charge is -2.14. The summed E-state index contributed by atoms with van der Waals surface area (Å²) < 4.78 is 10.6. The molecule has 1 fully saturated rings. The van der Waals surface area contributed by atoms with Crippen molar-refractivity contribution in [1.29, 1.82) is 5.41 Å². The molecule has 0 saturated carbocycles. The molecule has 7 nitrogen and oxygen atoms in total. The van der Waals surface area contributed by atoms with Crippen LogP contribution in [-0.4, -0.2) is 37.5 Å². The smallest absolute Gasteiger partial charge is 0.309 e. The van der Waals surface area contributed by atoms with E-state index in [1.807, 2.05) is 48.5 Å². The van der Waals surface area contributed by atoms with Gasteiger partial charge in [-0.3, -0.25) is 15.0 Å². The van der Waals surface area contributed by atoms with E-state index < -0.39 is 11.8 Å². The number of carbonyl (C=O) groups is 2. The molecule has 1 unspecified atom stereocenters. The van der Waals surface area contributed by atoms with Crippen molar-refractivity contribution in [3.05, 3.63) is 54.1 Å². The van der Waals surface area contributed by atoms with Crippen LogP contribution in [-0.2, 0) is 14.3 Å². The monoisotopic (exact) mass is 431 g/mol. The van der Waals surface area contributed by atoms with Gasteiger partial charge in [0.05, 0.1) is 25.0 Å². The van der Waals surface area contributed by atoms with E-state index >= 15 is 0 Å². The maximum Gasteiger partial charge on any atom is 0.309 e. The quantitative estimate of drug-likeness (QED) is 0.354. The zero-order valence-electron chi connectivity index (χ0n) is 16.9. The number of benzene rings is 2. The molecule has 0 spiro atoms. The fourth-order valence-electron chi connectivity index (χ4n) is 3.45. The van der Waals surface area contributed by atoms with Crippen molar-refractivity contribution in [3.8, 4) is 16.9 Å². The Balaban J connectivity index is 0.00000320. The SMILES string of the molecule is COC(=O)C(C)[C@@H]1C[C@@H](COc2ccc(-c3ccc(C(=N)N)cc3)cc2)NC1=O.Cl. The molecule has 2 aromatic carbocycles. The summed E-state index contributed by atoms with van der Waals surface area (Å²) in [6, 6.07) is 15.0. The molecule has 3 atom stereocenters. The van der Waals surface area contributed by atoms with Gasteiger partial charge in [-0.15, -0.1) is 12.4 Å². The van der Waals surface area contributed by atoms with E-state index in [1.54, 1.807) is 6.92 Å². The van der Waals surface area contributed by atoms with Crippen molar-refractivity contribution in [2.24, 2.45) is 17.6 Å². The molecule has 30 heavy (non-hydrogen) atoms. The molecule has 0 aromatic heterocycles. The minimum absolute atomic E-state index is 0. The molecule has 3 rings (SSSR count). The Labute approximate surface area is 181 Å². The lowest BCUT2D eigenvalue weighted by molar-refractivity contribution is -0.148. The Morgan fingerprint density at radius 3 is 2.27 bits per heavy atom. The average molecular weight is 432 g/mol. The van der Waals surface area contributed by atoms with Crippen molar-refractivity contribution in [3.63, 3.8) is 0 Å². The van der Waals surface area contributed by atoms with Gasteiger partial charge in [0.15, 0.2) is 0 Å². The molecule has 0 aliphatic carbocycles. The number of amides is 1. The predicted molar refractivity (Wildman–Crippen MR) is 117 cm³/mol. The number of nitrogens with one attached hydrogen (secondary N) is 2. The number of methoxy groups -OCH3 is 1. The molecule has 1 aliphatic rings. The van der Waals surface area contributed by atoms with E-state index in [-0.39, 0.29) is 36.2 Å². The zero-order chi connectivity index (χ0) is 21.0. The minimum atomic E-state index is -0.473. The van der Waals surface area contributed by atoms with Gasteiger partial charge in [-0.1, -0.05) is 43.3 Å². The van der Waals surface area contributed by atoms with Gasteiger partial charge in [-0.2, -0.15) is 0 Å². The topological polar surface area (TPSA) is 114 Å². The maximum atomic E-state index is 12.1. The van der Waals surface area contributed by atoms with Crippen LogP contribution in [0.1, 0.15) is 18.9 Å². The fraction of sp³-hybridized carbons (Fsp3) is 0.318. The Bertz CT molecular complexity index is 900. The predicted octanol–water partition coefficient (Wildman–Crippen LogP) is 2.75. The van der Waals surface area contributed by atoms with Crippen molar-refractivity contribution in [1.82, 2.24) is 5.32 Å². The van der Waals surface area contributed by atoms with Crippen LogP contribution in [0.5, 0.6) is 5.75 Å². The van der Waals surface area contributed by atoms with E-state index in [9.17, 15) is 9.59 Å². The number of hydrogen-bond acceptors (Lipinski definition) is 5. The van der Waals surface area contributed by atoms with Gasteiger partial charge >= 0.3 is 5.97 Å². The normalized spacial score (nSPS) is 18.7. The van der Waals surface area contributed by atoms with Crippen LogP contribution in [0.25, 0.3) is 11.1 Å². The van der Waals surface area contributed by atoms with E-state index in [0.29, 0.717) is 24.3 Å². The molecule has 8 heteroatoms. The highest BCUT2D eigenvalue weighted by Crippen LogP contribution is 2.26. The third-order valence-electron chi connectivity index (χ3n) is 5.23. The van der Waals surface area contributed by atoms with Gasteiger partial charge in [-0.05, 0) is 29.7 Å². The number of amidine groups is 1. The van der Waals surface area contributed by atoms with Crippen molar-refractivity contribution >= 4 is 30.1 Å². The molecular weight excluding hydrogens is 406 g/mol. The Hall–Kier alpha value is -3.06. The fourth-order valence-corrected chi connectivity index (χ4v) is 3.45. The molecule has 0 radical (unpaired) electrons. The lowest BCUT2D eigenvalue weighted by Crippen LogP contribution is -2.32. The number of ether oxygens (including phenoxy) is 2. The molecule has 1 amide bonds. The highest BCUT2D eigenvalue weighted by atomic mass is 35.5.